The van der Waals surface area contributed by atoms with Gasteiger partial charge in [-0.2, -0.15) is 0 Å². The van der Waals surface area contributed by atoms with E-state index in [1.807, 2.05) is 0 Å². The van der Waals surface area contributed by atoms with E-state index in [2.05, 4.69) is 24.1 Å². The fraction of sp³-hybridized carbons (Fsp3) is 0.625. The maximum atomic E-state index is 14.3. The van der Waals surface area contributed by atoms with Gasteiger partial charge in [0.2, 0.25) is 0 Å². The van der Waals surface area contributed by atoms with E-state index in [4.69, 9.17) is 16.3 Å². The minimum Gasteiger partial charge on any atom is -0.374 e. The Morgan fingerprint density at radius 1 is 1.48 bits per heavy atom. The maximum absolute atomic E-state index is 14.3. The van der Waals surface area contributed by atoms with Gasteiger partial charge in [0.15, 0.2) is 0 Å². The first-order chi connectivity index (χ1) is 10.2. The molecule has 2 rings (SSSR count). The fourth-order valence-electron chi connectivity index (χ4n) is 2.72. The molecule has 1 aromatic carbocycles. The Balaban J connectivity index is 2.20. The van der Waals surface area contributed by atoms with Crippen LogP contribution in [0, 0.1) is 5.82 Å². The largest absolute Gasteiger partial charge is 0.374 e. The second-order valence-corrected chi connectivity index (χ2v) is 5.84. The molecule has 2 unspecified atom stereocenters. The molecule has 5 heteroatoms. The van der Waals surface area contributed by atoms with Crippen LogP contribution in [0.25, 0.3) is 0 Å². The summed E-state index contributed by atoms with van der Waals surface area (Å²) < 4.78 is 20.2. The van der Waals surface area contributed by atoms with Gasteiger partial charge < -0.3 is 10.1 Å². The van der Waals surface area contributed by atoms with Crippen LogP contribution in [0.3, 0.4) is 0 Å². The third-order valence-electron chi connectivity index (χ3n) is 3.91. The molecule has 118 valence electrons. The van der Waals surface area contributed by atoms with Gasteiger partial charge in [-0.05, 0) is 31.6 Å². The molecule has 2 atom stereocenters. The smallest absolute Gasteiger partial charge is 0.129 e. The molecule has 0 spiro atoms. The van der Waals surface area contributed by atoms with E-state index in [0.717, 1.165) is 32.6 Å². The van der Waals surface area contributed by atoms with Crippen LogP contribution in [0.2, 0.25) is 5.02 Å². The number of hydrogen-bond donors (Lipinski definition) is 1. The summed E-state index contributed by atoms with van der Waals surface area (Å²) in [6.07, 6.45) is 0.955. The second kappa shape index (κ2) is 8.08. The SMILES string of the molecule is CCCNC(c1ccc(Cl)cc1F)C1CN(CC)CCO1. The molecule has 1 aliphatic heterocycles. The van der Waals surface area contributed by atoms with E-state index < -0.39 is 0 Å². The van der Waals surface area contributed by atoms with Gasteiger partial charge in [-0.1, -0.05) is 31.5 Å². The summed E-state index contributed by atoms with van der Waals surface area (Å²) in [6, 6.07) is 4.73. The third-order valence-corrected chi connectivity index (χ3v) is 4.14. The molecule has 1 fully saturated rings. The highest BCUT2D eigenvalue weighted by Gasteiger charge is 2.30. The number of hydrogen-bond acceptors (Lipinski definition) is 3. The quantitative estimate of drug-likeness (QED) is 0.872. The Hall–Kier alpha value is -0.680. The lowest BCUT2D eigenvalue weighted by atomic mass is 9.99. The lowest BCUT2D eigenvalue weighted by Gasteiger charge is -2.37. The van der Waals surface area contributed by atoms with Gasteiger partial charge >= 0.3 is 0 Å². The van der Waals surface area contributed by atoms with Crippen molar-refractivity contribution < 1.29 is 9.13 Å². The minimum absolute atomic E-state index is 0.0408. The summed E-state index contributed by atoms with van der Waals surface area (Å²) in [7, 11) is 0. The first-order valence-corrected chi connectivity index (χ1v) is 8.05. The van der Waals surface area contributed by atoms with Crippen molar-refractivity contribution in [3.63, 3.8) is 0 Å². The predicted molar refractivity (Wildman–Crippen MR) is 84.3 cm³/mol. The zero-order valence-corrected chi connectivity index (χ0v) is 13.5. The van der Waals surface area contributed by atoms with E-state index in [1.54, 1.807) is 12.1 Å². The molecule has 0 radical (unpaired) electrons. The lowest BCUT2D eigenvalue weighted by molar-refractivity contribution is -0.0461. The molecule has 0 saturated carbocycles. The van der Waals surface area contributed by atoms with Crippen LogP contribution >= 0.6 is 11.6 Å². The van der Waals surface area contributed by atoms with Crippen molar-refractivity contribution in [2.75, 3.05) is 32.8 Å². The number of ether oxygens (including phenoxy) is 1. The number of halogens is 2. The van der Waals surface area contributed by atoms with Gasteiger partial charge in [0.25, 0.3) is 0 Å². The highest BCUT2D eigenvalue weighted by atomic mass is 35.5. The summed E-state index contributed by atoms with van der Waals surface area (Å²) >= 11 is 5.86. The second-order valence-electron chi connectivity index (χ2n) is 5.40. The van der Waals surface area contributed by atoms with Gasteiger partial charge in [-0.3, -0.25) is 4.90 Å². The number of morpholine rings is 1. The molecule has 21 heavy (non-hydrogen) atoms. The number of benzene rings is 1. The van der Waals surface area contributed by atoms with Crippen molar-refractivity contribution in [1.29, 1.82) is 0 Å². The number of rotatable bonds is 6. The molecule has 1 saturated heterocycles. The molecular formula is C16H24ClFN2O. The zero-order valence-electron chi connectivity index (χ0n) is 12.7. The minimum atomic E-state index is -0.270. The summed E-state index contributed by atoms with van der Waals surface area (Å²) in [5, 5.41) is 3.85. The van der Waals surface area contributed by atoms with E-state index >= 15 is 0 Å². The molecular weight excluding hydrogens is 291 g/mol. The highest BCUT2D eigenvalue weighted by molar-refractivity contribution is 6.30. The molecule has 1 N–H and O–H groups in total. The Labute approximate surface area is 131 Å². The van der Waals surface area contributed by atoms with E-state index in [1.165, 1.54) is 6.07 Å². The van der Waals surface area contributed by atoms with Crippen molar-refractivity contribution in [3.05, 3.63) is 34.6 Å². The maximum Gasteiger partial charge on any atom is 0.129 e. The van der Waals surface area contributed by atoms with Crippen LogP contribution in [-0.2, 0) is 4.74 Å². The lowest BCUT2D eigenvalue weighted by Crippen LogP contribution is -2.48. The van der Waals surface area contributed by atoms with Crippen molar-refractivity contribution in [2.45, 2.75) is 32.4 Å². The molecule has 0 bridgehead atoms. The van der Waals surface area contributed by atoms with Crippen LogP contribution in [-0.4, -0.2) is 43.8 Å². The summed E-state index contributed by atoms with van der Waals surface area (Å²) in [4.78, 5) is 2.34. The average Bonchev–Trinajstić information content (AvgIpc) is 2.49. The molecule has 1 aromatic rings. The van der Waals surface area contributed by atoms with E-state index in [-0.39, 0.29) is 18.0 Å². The van der Waals surface area contributed by atoms with Crippen molar-refractivity contribution in [1.82, 2.24) is 10.2 Å². The van der Waals surface area contributed by atoms with E-state index in [9.17, 15) is 4.39 Å². The van der Waals surface area contributed by atoms with Gasteiger partial charge in [-0.25, -0.2) is 4.39 Å². The highest BCUT2D eigenvalue weighted by Crippen LogP contribution is 2.26. The Kier molecular flexibility index (Phi) is 6.42. The van der Waals surface area contributed by atoms with E-state index in [0.29, 0.717) is 17.2 Å². The monoisotopic (exact) mass is 314 g/mol. The number of nitrogens with one attached hydrogen (secondary N) is 1. The molecule has 3 nitrogen and oxygen atoms in total. The first kappa shape index (κ1) is 16.7. The normalized spacial score (nSPS) is 21.4. The first-order valence-electron chi connectivity index (χ1n) is 7.68. The number of likely N-dealkylation sites (N-methyl/N-ethyl adjacent to an activating group) is 1. The Bertz CT molecular complexity index is 458. The standard InChI is InChI=1S/C16H24ClFN2O/c1-3-7-19-16(13-6-5-12(17)10-14(13)18)15-11-20(4-2)8-9-21-15/h5-6,10,15-16,19H,3-4,7-9,11H2,1-2H3. The van der Waals surface area contributed by atoms with Gasteiger partial charge in [0, 0.05) is 23.7 Å². The van der Waals surface area contributed by atoms with Crippen molar-refractivity contribution in [3.8, 4) is 0 Å². The van der Waals surface area contributed by atoms with Crippen molar-refractivity contribution >= 4 is 11.6 Å². The Morgan fingerprint density at radius 2 is 2.29 bits per heavy atom. The predicted octanol–water partition coefficient (Wildman–Crippen LogP) is 3.24. The Morgan fingerprint density at radius 3 is 2.95 bits per heavy atom. The van der Waals surface area contributed by atoms with Crippen LogP contribution in [0.1, 0.15) is 31.9 Å². The molecule has 0 aromatic heterocycles. The van der Waals surface area contributed by atoms with Crippen LogP contribution in [0.5, 0.6) is 0 Å². The van der Waals surface area contributed by atoms with Crippen molar-refractivity contribution in [2.24, 2.45) is 0 Å². The molecule has 1 aliphatic rings. The van der Waals surface area contributed by atoms with Gasteiger partial charge in [0.1, 0.15) is 5.82 Å². The summed E-state index contributed by atoms with van der Waals surface area (Å²) in [5.74, 6) is -0.270. The van der Waals surface area contributed by atoms with Gasteiger partial charge in [-0.15, -0.1) is 0 Å². The molecule has 1 heterocycles. The molecule has 0 amide bonds. The topological polar surface area (TPSA) is 24.5 Å². The zero-order chi connectivity index (χ0) is 15.2. The summed E-state index contributed by atoms with van der Waals surface area (Å²) in [6.45, 7) is 8.51. The number of nitrogens with zero attached hydrogens (tertiary/aromatic N) is 1. The summed E-state index contributed by atoms with van der Waals surface area (Å²) in [5.41, 5.74) is 0.635. The average molecular weight is 315 g/mol. The fourth-order valence-corrected chi connectivity index (χ4v) is 2.87. The van der Waals surface area contributed by atoms with Crippen LogP contribution < -0.4 is 5.32 Å². The third kappa shape index (κ3) is 4.39. The molecule has 0 aliphatic carbocycles. The van der Waals surface area contributed by atoms with Crippen LogP contribution in [0.4, 0.5) is 4.39 Å². The van der Waals surface area contributed by atoms with Gasteiger partial charge in [0.05, 0.1) is 18.8 Å². The van der Waals surface area contributed by atoms with Crippen LogP contribution in [0.15, 0.2) is 18.2 Å².